The van der Waals surface area contributed by atoms with Gasteiger partial charge in [-0.15, -0.1) is 0 Å². The number of benzene rings is 1. The van der Waals surface area contributed by atoms with Crippen LogP contribution in [0.4, 0.5) is 0 Å². The highest BCUT2D eigenvalue weighted by Crippen LogP contribution is 2.29. The first-order chi connectivity index (χ1) is 11.1. The van der Waals surface area contributed by atoms with Crippen LogP contribution in [0.1, 0.15) is 24.5 Å². The molecule has 1 atom stereocenters. The van der Waals surface area contributed by atoms with Gasteiger partial charge in [-0.1, -0.05) is 24.6 Å². The Balaban J connectivity index is 0.000000505. The van der Waals surface area contributed by atoms with Crippen molar-refractivity contribution in [3.63, 3.8) is 0 Å². The molecule has 2 rings (SSSR count). The van der Waals surface area contributed by atoms with Crippen LogP contribution >= 0.6 is 11.6 Å². The van der Waals surface area contributed by atoms with Gasteiger partial charge in [-0.05, 0) is 48.1 Å². The second-order valence-electron chi connectivity index (χ2n) is 5.37. The number of hydrazone groups is 1. The first kappa shape index (κ1) is 20.1. The highest BCUT2D eigenvalue weighted by molar-refractivity contribution is 7.85. The van der Waals surface area contributed by atoms with Crippen LogP contribution in [0, 0.1) is 5.92 Å². The van der Waals surface area contributed by atoms with Crippen LogP contribution in [0.3, 0.4) is 0 Å². The third-order valence-corrected chi connectivity index (χ3v) is 3.56. The topological polar surface area (TPSA) is 122 Å². The fourth-order valence-electron chi connectivity index (χ4n) is 2.24. The summed E-state index contributed by atoms with van der Waals surface area (Å²) in [5.41, 5.74) is 2.96. The van der Waals surface area contributed by atoms with Crippen molar-refractivity contribution in [1.82, 2.24) is 5.32 Å². The lowest BCUT2D eigenvalue weighted by Crippen LogP contribution is -2.26. The van der Waals surface area contributed by atoms with Gasteiger partial charge in [-0.3, -0.25) is 9.35 Å². The number of aryl methyl sites for hydroxylation is 1. The van der Waals surface area contributed by atoms with Crippen LogP contribution in [0.15, 0.2) is 28.9 Å². The molecule has 1 aromatic rings. The summed E-state index contributed by atoms with van der Waals surface area (Å²) in [7, 11) is -3.67. The summed E-state index contributed by atoms with van der Waals surface area (Å²) < 4.78 is 25.9. The zero-order valence-corrected chi connectivity index (χ0v) is 14.9. The molecule has 1 amide bonds. The standard InChI is InChI=1S/C14H16ClN3O.CH4O3S/c1-9-2-3-10-6-12(15)5-4-11(10)7-13(9)14(19)17-8-18-16;1-5(2,3)4/h4-9H,2-3,16H2,1H3,(H,17,18,19);1H3,(H,2,3,4). The second kappa shape index (κ2) is 8.81. The van der Waals surface area contributed by atoms with Crippen LogP contribution < -0.4 is 11.2 Å². The van der Waals surface area contributed by atoms with Gasteiger partial charge in [0, 0.05) is 10.6 Å². The maximum Gasteiger partial charge on any atom is 0.261 e. The average molecular weight is 374 g/mol. The number of fused-ring (bicyclic) bond motifs is 1. The van der Waals surface area contributed by atoms with E-state index in [0.29, 0.717) is 6.26 Å². The fraction of sp³-hybridized carbons (Fsp3) is 0.333. The van der Waals surface area contributed by atoms with Crippen molar-refractivity contribution in [1.29, 1.82) is 0 Å². The molecule has 1 aliphatic carbocycles. The van der Waals surface area contributed by atoms with Gasteiger partial charge in [0.1, 0.15) is 6.34 Å². The Labute approximate surface area is 146 Å². The average Bonchev–Trinajstić information content (AvgIpc) is 2.62. The van der Waals surface area contributed by atoms with Crippen molar-refractivity contribution in [2.75, 3.05) is 6.26 Å². The lowest BCUT2D eigenvalue weighted by Gasteiger charge is -2.11. The molecule has 7 nitrogen and oxygen atoms in total. The summed E-state index contributed by atoms with van der Waals surface area (Å²) in [4.78, 5) is 12.0. The van der Waals surface area contributed by atoms with Crippen molar-refractivity contribution in [2.24, 2.45) is 16.9 Å². The number of nitrogens with zero attached hydrogens (tertiary/aromatic N) is 1. The Morgan fingerprint density at radius 1 is 1.50 bits per heavy atom. The molecule has 1 unspecified atom stereocenters. The molecule has 4 N–H and O–H groups in total. The lowest BCUT2D eigenvalue weighted by atomic mass is 9.96. The van der Waals surface area contributed by atoms with Crippen molar-refractivity contribution < 1.29 is 17.8 Å². The molecular weight excluding hydrogens is 354 g/mol. The summed E-state index contributed by atoms with van der Waals surface area (Å²) in [6.45, 7) is 2.04. The number of amides is 1. The maximum absolute atomic E-state index is 12.0. The molecule has 0 heterocycles. The van der Waals surface area contributed by atoms with Crippen molar-refractivity contribution in [3.05, 3.63) is 39.9 Å². The zero-order valence-electron chi connectivity index (χ0n) is 13.4. The van der Waals surface area contributed by atoms with E-state index in [1.807, 2.05) is 31.2 Å². The van der Waals surface area contributed by atoms with E-state index < -0.39 is 10.1 Å². The van der Waals surface area contributed by atoms with Crippen LogP contribution in [-0.2, 0) is 21.3 Å². The first-order valence-corrected chi connectivity index (χ1v) is 9.29. The van der Waals surface area contributed by atoms with E-state index in [4.69, 9.17) is 22.0 Å². The molecule has 0 spiro atoms. The van der Waals surface area contributed by atoms with E-state index in [0.717, 1.165) is 29.0 Å². The van der Waals surface area contributed by atoms with E-state index in [1.165, 1.54) is 11.9 Å². The lowest BCUT2D eigenvalue weighted by molar-refractivity contribution is -0.116. The van der Waals surface area contributed by atoms with Crippen LogP contribution in [0.2, 0.25) is 5.02 Å². The molecular formula is C15H20ClN3O4S. The SMILES string of the molecule is CC1CCc2cc(Cl)ccc2C=C1C(=O)NC=NN.CS(=O)(=O)O. The number of rotatable bonds is 2. The van der Waals surface area contributed by atoms with Crippen molar-refractivity contribution in [3.8, 4) is 0 Å². The van der Waals surface area contributed by atoms with Gasteiger partial charge in [0.15, 0.2) is 0 Å². The summed E-state index contributed by atoms with van der Waals surface area (Å²) in [5.74, 6) is 5.00. The molecule has 0 aromatic heterocycles. The number of carbonyl (C=O) groups is 1. The van der Waals surface area contributed by atoms with Crippen molar-refractivity contribution in [2.45, 2.75) is 19.8 Å². The van der Waals surface area contributed by atoms with Crippen molar-refractivity contribution >= 4 is 40.0 Å². The molecule has 0 radical (unpaired) electrons. The third-order valence-electron chi connectivity index (χ3n) is 3.33. The number of carbonyl (C=O) groups excluding carboxylic acids is 1. The van der Waals surface area contributed by atoms with E-state index in [2.05, 4.69) is 10.4 Å². The number of halogens is 1. The smallest absolute Gasteiger partial charge is 0.261 e. The first-order valence-electron chi connectivity index (χ1n) is 7.07. The Bertz CT molecular complexity index is 752. The Kier molecular flexibility index (Phi) is 7.40. The Hall–Kier alpha value is -1.90. The molecule has 132 valence electrons. The maximum atomic E-state index is 12.0. The summed E-state index contributed by atoms with van der Waals surface area (Å²) in [6, 6.07) is 5.74. The molecule has 0 aliphatic heterocycles. The van der Waals surface area contributed by atoms with E-state index in [9.17, 15) is 13.2 Å². The van der Waals surface area contributed by atoms with E-state index in [1.54, 1.807) is 0 Å². The highest BCUT2D eigenvalue weighted by Gasteiger charge is 2.20. The Morgan fingerprint density at radius 3 is 2.71 bits per heavy atom. The van der Waals surface area contributed by atoms with Crippen LogP contribution in [0.25, 0.3) is 6.08 Å². The van der Waals surface area contributed by atoms with E-state index >= 15 is 0 Å². The Morgan fingerprint density at radius 2 is 2.12 bits per heavy atom. The fourth-order valence-corrected chi connectivity index (χ4v) is 2.43. The summed E-state index contributed by atoms with van der Waals surface area (Å²) in [5, 5.41) is 6.55. The van der Waals surface area contributed by atoms with Crippen LogP contribution in [-0.4, -0.2) is 31.5 Å². The molecule has 0 fully saturated rings. The summed E-state index contributed by atoms with van der Waals surface area (Å²) in [6.07, 6.45) is 5.65. The van der Waals surface area contributed by atoms with Gasteiger partial charge in [-0.2, -0.15) is 13.5 Å². The minimum Gasteiger partial charge on any atom is -0.322 e. The van der Waals surface area contributed by atoms with Gasteiger partial charge in [-0.25, -0.2) is 0 Å². The third kappa shape index (κ3) is 7.12. The van der Waals surface area contributed by atoms with Crippen LogP contribution in [0.5, 0.6) is 0 Å². The number of nitrogens with one attached hydrogen (secondary N) is 1. The molecule has 1 aromatic carbocycles. The number of hydrogen-bond acceptors (Lipinski definition) is 5. The molecule has 24 heavy (non-hydrogen) atoms. The van der Waals surface area contributed by atoms with E-state index in [-0.39, 0.29) is 11.8 Å². The molecule has 1 aliphatic rings. The van der Waals surface area contributed by atoms with Gasteiger partial charge >= 0.3 is 0 Å². The zero-order chi connectivity index (χ0) is 18.3. The molecule has 0 saturated heterocycles. The monoisotopic (exact) mass is 373 g/mol. The van der Waals surface area contributed by atoms with Gasteiger partial charge in [0.2, 0.25) is 0 Å². The number of nitrogens with two attached hydrogens (primary N) is 1. The molecule has 0 bridgehead atoms. The molecule has 0 saturated carbocycles. The second-order valence-corrected chi connectivity index (χ2v) is 7.27. The largest absolute Gasteiger partial charge is 0.322 e. The van der Waals surface area contributed by atoms with Gasteiger partial charge < -0.3 is 11.2 Å². The minimum absolute atomic E-state index is 0.162. The van der Waals surface area contributed by atoms with Gasteiger partial charge in [0.25, 0.3) is 16.0 Å². The normalized spacial score (nSPS) is 17.2. The number of hydrogen-bond donors (Lipinski definition) is 3. The summed E-state index contributed by atoms with van der Waals surface area (Å²) >= 11 is 6.00. The minimum atomic E-state index is -3.67. The highest BCUT2D eigenvalue weighted by atomic mass is 35.5. The van der Waals surface area contributed by atoms with Gasteiger partial charge in [0.05, 0.1) is 6.26 Å². The quantitative estimate of drug-likeness (QED) is 0.240. The molecule has 9 heteroatoms. The predicted octanol–water partition coefficient (Wildman–Crippen LogP) is 1.83. The predicted molar refractivity (Wildman–Crippen MR) is 95.2 cm³/mol.